The maximum absolute atomic E-state index is 12.3. The van der Waals surface area contributed by atoms with Crippen LogP contribution in [0.25, 0.3) is 0 Å². The highest BCUT2D eigenvalue weighted by Crippen LogP contribution is 2.18. The van der Waals surface area contributed by atoms with Gasteiger partial charge in [-0.1, -0.05) is 6.07 Å². The largest absolute Gasteiger partial charge is 0.444 e. The van der Waals surface area contributed by atoms with Gasteiger partial charge in [-0.25, -0.2) is 4.79 Å². The number of amides is 1. The number of piperidine rings is 1. The SMILES string of the molecule is CN=C(NCc1ccccn1)NCC1CCCN(C(=O)OC(C)(C)C)C1. The number of aliphatic imine (C=N–C) groups is 1. The van der Waals surface area contributed by atoms with E-state index in [0.717, 1.165) is 37.6 Å². The number of nitrogens with zero attached hydrogens (tertiary/aromatic N) is 3. The van der Waals surface area contributed by atoms with Gasteiger partial charge in [0.2, 0.25) is 0 Å². The Morgan fingerprint density at radius 2 is 2.19 bits per heavy atom. The van der Waals surface area contributed by atoms with Crippen molar-refractivity contribution in [2.75, 3.05) is 26.7 Å². The van der Waals surface area contributed by atoms with Crippen LogP contribution < -0.4 is 10.6 Å². The van der Waals surface area contributed by atoms with Gasteiger partial charge in [-0.2, -0.15) is 0 Å². The fourth-order valence-electron chi connectivity index (χ4n) is 2.86. The molecular weight excluding hydrogens is 330 g/mol. The zero-order valence-electron chi connectivity index (χ0n) is 16.3. The Labute approximate surface area is 156 Å². The van der Waals surface area contributed by atoms with Crippen LogP contribution in [-0.2, 0) is 11.3 Å². The summed E-state index contributed by atoms with van der Waals surface area (Å²) in [4.78, 5) is 22.6. The second-order valence-corrected chi connectivity index (χ2v) is 7.56. The van der Waals surface area contributed by atoms with Gasteiger partial charge in [-0.15, -0.1) is 0 Å². The number of ether oxygens (including phenoxy) is 1. The van der Waals surface area contributed by atoms with Gasteiger partial charge in [0.15, 0.2) is 5.96 Å². The number of carbonyl (C=O) groups excluding carboxylic acids is 1. The number of pyridine rings is 1. The molecule has 2 N–H and O–H groups in total. The summed E-state index contributed by atoms with van der Waals surface area (Å²) in [5.74, 6) is 1.12. The molecule has 1 aromatic heterocycles. The summed E-state index contributed by atoms with van der Waals surface area (Å²) < 4.78 is 5.48. The molecule has 0 bridgehead atoms. The Hall–Kier alpha value is -2.31. The third-order valence-electron chi connectivity index (χ3n) is 4.12. The van der Waals surface area contributed by atoms with E-state index in [1.807, 2.05) is 43.9 Å². The highest BCUT2D eigenvalue weighted by Gasteiger charge is 2.27. The summed E-state index contributed by atoms with van der Waals surface area (Å²) in [5.41, 5.74) is 0.504. The summed E-state index contributed by atoms with van der Waals surface area (Å²) in [6.07, 6.45) is 3.63. The normalized spacial score (nSPS) is 18.4. The van der Waals surface area contributed by atoms with Crippen LogP contribution in [0.5, 0.6) is 0 Å². The molecule has 0 aromatic carbocycles. The van der Waals surface area contributed by atoms with Gasteiger partial charge >= 0.3 is 6.09 Å². The zero-order chi connectivity index (χ0) is 19.0. The molecule has 1 aliphatic heterocycles. The van der Waals surface area contributed by atoms with Crippen LogP contribution in [0.15, 0.2) is 29.4 Å². The Morgan fingerprint density at radius 3 is 2.85 bits per heavy atom. The number of carbonyl (C=O) groups is 1. The van der Waals surface area contributed by atoms with E-state index in [2.05, 4.69) is 20.6 Å². The summed E-state index contributed by atoms with van der Waals surface area (Å²) in [7, 11) is 1.75. The van der Waals surface area contributed by atoms with Crippen molar-refractivity contribution in [2.45, 2.75) is 45.8 Å². The molecule has 2 heterocycles. The Bertz CT molecular complexity index is 598. The van der Waals surface area contributed by atoms with Gasteiger partial charge in [-0.05, 0) is 51.7 Å². The highest BCUT2D eigenvalue weighted by atomic mass is 16.6. The molecule has 144 valence electrons. The molecule has 1 atom stereocenters. The van der Waals surface area contributed by atoms with E-state index < -0.39 is 5.60 Å². The number of nitrogens with one attached hydrogen (secondary N) is 2. The lowest BCUT2D eigenvalue weighted by molar-refractivity contribution is 0.0168. The summed E-state index contributed by atoms with van der Waals surface area (Å²) >= 11 is 0. The van der Waals surface area contributed by atoms with Crippen LogP contribution in [0, 0.1) is 5.92 Å². The van der Waals surface area contributed by atoms with Crippen LogP contribution in [0.4, 0.5) is 4.79 Å². The third kappa shape index (κ3) is 6.90. The first-order valence-corrected chi connectivity index (χ1v) is 9.20. The van der Waals surface area contributed by atoms with Crippen LogP contribution >= 0.6 is 0 Å². The maximum atomic E-state index is 12.3. The monoisotopic (exact) mass is 361 g/mol. The van der Waals surface area contributed by atoms with E-state index in [0.29, 0.717) is 19.0 Å². The predicted octanol–water partition coefficient (Wildman–Crippen LogP) is 2.39. The molecular formula is C19H31N5O2. The Morgan fingerprint density at radius 1 is 1.38 bits per heavy atom. The molecule has 1 amide bonds. The number of guanidine groups is 1. The van der Waals surface area contributed by atoms with Gasteiger partial charge in [0.25, 0.3) is 0 Å². The van der Waals surface area contributed by atoms with Crippen LogP contribution in [0.3, 0.4) is 0 Å². The first kappa shape index (κ1) is 20.0. The second kappa shape index (κ2) is 9.40. The lowest BCUT2D eigenvalue weighted by Gasteiger charge is -2.34. The van der Waals surface area contributed by atoms with E-state index in [9.17, 15) is 4.79 Å². The fraction of sp³-hybridized carbons (Fsp3) is 0.632. The molecule has 1 unspecified atom stereocenters. The minimum Gasteiger partial charge on any atom is -0.444 e. The summed E-state index contributed by atoms with van der Waals surface area (Å²) in [6.45, 7) is 8.54. The second-order valence-electron chi connectivity index (χ2n) is 7.56. The standard InChI is InChI=1S/C19H31N5O2/c1-19(2,3)26-18(25)24-11-7-8-15(14-24)12-22-17(20-4)23-13-16-9-5-6-10-21-16/h5-6,9-10,15H,7-8,11-14H2,1-4H3,(H2,20,22,23). The van der Waals surface area contributed by atoms with E-state index in [4.69, 9.17) is 4.74 Å². The molecule has 1 saturated heterocycles. The molecule has 1 fully saturated rings. The molecule has 1 aromatic rings. The van der Waals surface area contributed by atoms with Crippen molar-refractivity contribution in [3.8, 4) is 0 Å². The highest BCUT2D eigenvalue weighted by molar-refractivity contribution is 5.79. The molecule has 2 rings (SSSR count). The van der Waals surface area contributed by atoms with Crippen molar-refractivity contribution in [1.29, 1.82) is 0 Å². The minimum atomic E-state index is -0.459. The number of aromatic nitrogens is 1. The summed E-state index contributed by atoms with van der Waals surface area (Å²) in [6, 6.07) is 5.84. The third-order valence-corrected chi connectivity index (χ3v) is 4.12. The average Bonchev–Trinajstić information content (AvgIpc) is 2.61. The van der Waals surface area contributed by atoms with Crippen LogP contribution in [-0.4, -0.2) is 54.2 Å². The van der Waals surface area contributed by atoms with Crippen molar-refractivity contribution >= 4 is 12.1 Å². The molecule has 0 aliphatic carbocycles. The molecule has 0 saturated carbocycles. The van der Waals surface area contributed by atoms with Crippen molar-refractivity contribution in [3.63, 3.8) is 0 Å². The number of likely N-dealkylation sites (tertiary alicyclic amines) is 1. The Balaban J connectivity index is 1.77. The van der Waals surface area contributed by atoms with Gasteiger partial charge in [0, 0.05) is 32.9 Å². The van der Waals surface area contributed by atoms with Gasteiger partial charge in [0.1, 0.15) is 5.60 Å². The zero-order valence-corrected chi connectivity index (χ0v) is 16.3. The lowest BCUT2D eigenvalue weighted by atomic mass is 9.98. The number of rotatable bonds is 4. The number of hydrogen-bond donors (Lipinski definition) is 2. The first-order valence-electron chi connectivity index (χ1n) is 9.20. The van der Waals surface area contributed by atoms with Crippen molar-refractivity contribution in [3.05, 3.63) is 30.1 Å². The quantitative estimate of drug-likeness (QED) is 0.636. The van der Waals surface area contributed by atoms with Gasteiger partial charge in [0.05, 0.1) is 12.2 Å². The number of hydrogen-bond acceptors (Lipinski definition) is 4. The Kier molecular flexibility index (Phi) is 7.24. The average molecular weight is 361 g/mol. The van der Waals surface area contributed by atoms with Crippen molar-refractivity contribution in [2.24, 2.45) is 10.9 Å². The first-order chi connectivity index (χ1) is 12.4. The molecule has 0 radical (unpaired) electrons. The van der Waals surface area contributed by atoms with Crippen molar-refractivity contribution in [1.82, 2.24) is 20.5 Å². The van der Waals surface area contributed by atoms with Gasteiger partial charge < -0.3 is 20.3 Å². The molecule has 0 spiro atoms. The summed E-state index contributed by atoms with van der Waals surface area (Å²) in [5, 5.41) is 6.61. The van der Waals surface area contributed by atoms with E-state index in [1.165, 1.54) is 0 Å². The molecule has 26 heavy (non-hydrogen) atoms. The van der Waals surface area contributed by atoms with Crippen LogP contribution in [0.1, 0.15) is 39.3 Å². The smallest absolute Gasteiger partial charge is 0.410 e. The molecule has 7 heteroatoms. The minimum absolute atomic E-state index is 0.222. The predicted molar refractivity (Wildman–Crippen MR) is 103 cm³/mol. The van der Waals surface area contributed by atoms with E-state index in [-0.39, 0.29) is 6.09 Å². The topological polar surface area (TPSA) is 78.9 Å². The lowest BCUT2D eigenvalue weighted by Crippen LogP contribution is -2.47. The van der Waals surface area contributed by atoms with Crippen LogP contribution in [0.2, 0.25) is 0 Å². The van der Waals surface area contributed by atoms with E-state index in [1.54, 1.807) is 13.2 Å². The van der Waals surface area contributed by atoms with E-state index >= 15 is 0 Å². The molecule has 7 nitrogen and oxygen atoms in total. The fourth-order valence-corrected chi connectivity index (χ4v) is 2.86. The van der Waals surface area contributed by atoms with Gasteiger partial charge in [-0.3, -0.25) is 9.98 Å². The molecule has 1 aliphatic rings. The maximum Gasteiger partial charge on any atom is 0.410 e. The van der Waals surface area contributed by atoms with Crippen molar-refractivity contribution < 1.29 is 9.53 Å².